The lowest BCUT2D eigenvalue weighted by atomic mass is 9.85. The van der Waals surface area contributed by atoms with Gasteiger partial charge in [-0.05, 0) is 24.8 Å². The van der Waals surface area contributed by atoms with Crippen LogP contribution in [0.1, 0.15) is 30.6 Å². The molecule has 1 aromatic heterocycles. The number of hydrogen-bond donors (Lipinski definition) is 2. The minimum absolute atomic E-state index is 0.308. The van der Waals surface area contributed by atoms with Crippen LogP contribution in [-0.4, -0.2) is 17.8 Å². The van der Waals surface area contributed by atoms with E-state index < -0.39 is 0 Å². The number of thiophene rings is 1. The average Bonchev–Trinajstić information content (AvgIpc) is 2.73. The highest BCUT2D eigenvalue weighted by molar-refractivity contribution is 7.10. The SMILES string of the molecule is OCC1CCCCC1NCc1cc(Cl)cs1. The van der Waals surface area contributed by atoms with Gasteiger partial charge in [-0.1, -0.05) is 24.4 Å². The fourth-order valence-corrected chi connectivity index (χ4v) is 3.40. The Morgan fingerprint density at radius 3 is 2.94 bits per heavy atom. The van der Waals surface area contributed by atoms with Crippen molar-refractivity contribution in [2.75, 3.05) is 6.61 Å². The molecule has 16 heavy (non-hydrogen) atoms. The third kappa shape index (κ3) is 3.20. The molecule has 0 aromatic carbocycles. The average molecular weight is 260 g/mol. The fourth-order valence-electron chi connectivity index (χ4n) is 2.37. The molecule has 1 aromatic rings. The van der Waals surface area contributed by atoms with Crippen LogP contribution in [0, 0.1) is 5.92 Å². The number of aliphatic hydroxyl groups is 1. The van der Waals surface area contributed by atoms with Gasteiger partial charge in [0.15, 0.2) is 0 Å². The van der Waals surface area contributed by atoms with E-state index in [-0.39, 0.29) is 0 Å². The van der Waals surface area contributed by atoms with Crippen LogP contribution < -0.4 is 5.32 Å². The zero-order valence-corrected chi connectivity index (χ0v) is 10.9. The molecule has 0 radical (unpaired) electrons. The summed E-state index contributed by atoms with van der Waals surface area (Å²) >= 11 is 7.57. The Morgan fingerprint density at radius 1 is 1.44 bits per heavy atom. The van der Waals surface area contributed by atoms with Gasteiger partial charge in [0.25, 0.3) is 0 Å². The van der Waals surface area contributed by atoms with E-state index in [2.05, 4.69) is 5.32 Å². The van der Waals surface area contributed by atoms with Crippen molar-refractivity contribution in [1.29, 1.82) is 0 Å². The molecular formula is C12H18ClNOS. The van der Waals surface area contributed by atoms with Crippen LogP contribution in [-0.2, 0) is 6.54 Å². The zero-order valence-electron chi connectivity index (χ0n) is 9.29. The van der Waals surface area contributed by atoms with Crippen molar-refractivity contribution in [2.24, 2.45) is 5.92 Å². The van der Waals surface area contributed by atoms with Gasteiger partial charge < -0.3 is 10.4 Å². The van der Waals surface area contributed by atoms with E-state index in [1.54, 1.807) is 11.3 Å². The number of hydrogen-bond acceptors (Lipinski definition) is 3. The molecule has 0 amide bonds. The maximum atomic E-state index is 9.30. The highest BCUT2D eigenvalue weighted by atomic mass is 35.5. The van der Waals surface area contributed by atoms with Crippen molar-refractivity contribution in [2.45, 2.75) is 38.3 Å². The van der Waals surface area contributed by atoms with Crippen LogP contribution in [0.25, 0.3) is 0 Å². The van der Waals surface area contributed by atoms with Gasteiger partial charge in [-0.2, -0.15) is 0 Å². The van der Waals surface area contributed by atoms with Crippen molar-refractivity contribution < 1.29 is 5.11 Å². The van der Waals surface area contributed by atoms with Crippen LogP contribution in [0.3, 0.4) is 0 Å². The Hall–Kier alpha value is -0.0900. The van der Waals surface area contributed by atoms with Crippen LogP contribution in [0.4, 0.5) is 0 Å². The van der Waals surface area contributed by atoms with Gasteiger partial charge in [0.1, 0.15) is 0 Å². The van der Waals surface area contributed by atoms with Crippen molar-refractivity contribution >= 4 is 22.9 Å². The zero-order chi connectivity index (χ0) is 11.4. The first kappa shape index (κ1) is 12.4. The molecule has 1 aliphatic rings. The summed E-state index contributed by atoms with van der Waals surface area (Å²) in [6.45, 7) is 1.18. The van der Waals surface area contributed by atoms with E-state index in [1.807, 2.05) is 11.4 Å². The summed E-state index contributed by atoms with van der Waals surface area (Å²) in [7, 11) is 0. The molecule has 2 nitrogen and oxygen atoms in total. The number of nitrogens with one attached hydrogen (secondary N) is 1. The predicted molar refractivity (Wildman–Crippen MR) is 69.0 cm³/mol. The fraction of sp³-hybridized carbons (Fsp3) is 0.667. The van der Waals surface area contributed by atoms with Crippen molar-refractivity contribution in [3.8, 4) is 0 Å². The summed E-state index contributed by atoms with van der Waals surface area (Å²) in [5, 5.41) is 15.6. The lowest BCUT2D eigenvalue weighted by Crippen LogP contribution is -2.39. The summed E-state index contributed by atoms with van der Waals surface area (Å²) in [4.78, 5) is 1.27. The summed E-state index contributed by atoms with van der Waals surface area (Å²) in [6.07, 6.45) is 4.87. The minimum atomic E-state index is 0.308. The molecule has 0 aliphatic heterocycles. The Kier molecular flexibility index (Phi) is 4.65. The number of halogens is 1. The highest BCUT2D eigenvalue weighted by Crippen LogP contribution is 2.25. The summed E-state index contributed by atoms with van der Waals surface area (Å²) < 4.78 is 0. The van der Waals surface area contributed by atoms with E-state index >= 15 is 0 Å². The second-order valence-corrected chi connectivity index (χ2v) is 5.88. The molecule has 1 aliphatic carbocycles. The molecule has 2 atom stereocenters. The van der Waals surface area contributed by atoms with E-state index in [9.17, 15) is 5.11 Å². The van der Waals surface area contributed by atoms with Crippen LogP contribution in [0.15, 0.2) is 11.4 Å². The monoisotopic (exact) mass is 259 g/mol. The van der Waals surface area contributed by atoms with E-state index in [4.69, 9.17) is 11.6 Å². The predicted octanol–water partition coefficient (Wildman–Crippen LogP) is 3.04. The molecular weight excluding hydrogens is 242 g/mol. The molecule has 2 unspecified atom stereocenters. The standard InChI is InChI=1S/C12H18ClNOS/c13-10-5-11(16-8-10)6-14-12-4-2-1-3-9(12)7-15/h5,8-9,12,14-15H,1-4,6-7H2. The van der Waals surface area contributed by atoms with Gasteiger partial charge in [-0.15, -0.1) is 11.3 Å². The summed E-state index contributed by atoms with van der Waals surface area (Å²) in [5.41, 5.74) is 0. The summed E-state index contributed by atoms with van der Waals surface area (Å²) in [5.74, 6) is 0.434. The summed E-state index contributed by atoms with van der Waals surface area (Å²) in [6, 6.07) is 2.48. The molecule has 0 bridgehead atoms. The normalized spacial score (nSPS) is 25.9. The third-order valence-electron chi connectivity index (χ3n) is 3.30. The molecule has 0 saturated heterocycles. The minimum Gasteiger partial charge on any atom is -0.396 e. The second kappa shape index (κ2) is 6.01. The maximum Gasteiger partial charge on any atom is 0.0516 e. The van der Waals surface area contributed by atoms with Crippen molar-refractivity contribution in [3.05, 3.63) is 21.3 Å². The van der Waals surface area contributed by atoms with E-state index in [0.717, 1.165) is 18.0 Å². The van der Waals surface area contributed by atoms with Gasteiger partial charge in [0.2, 0.25) is 0 Å². The van der Waals surface area contributed by atoms with Crippen molar-refractivity contribution in [1.82, 2.24) is 5.32 Å². The Morgan fingerprint density at radius 2 is 2.25 bits per heavy atom. The van der Waals surface area contributed by atoms with Crippen LogP contribution in [0.2, 0.25) is 5.02 Å². The maximum absolute atomic E-state index is 9.30. The first-order chi connectivity index (χ1) is 7.79. The molecule has 90 valence electrons. The van der Waals surface area contributed by atoms with Gasteiger partial charge in [-0.3, -0.25) is 0 Å². The quantitative estimate of drug-likeness (QED) is 0.871. The smallest absolute Gasteiger partial charge is 0.0516 e. The Balaban J connectivity index is 1.84. The van der Waals surface area contributed by atoms with Crippen molar-refractivity contribution in [3.63, 3.8) is 0 Å². The third-order valence-corrected chi connectivity index (χ3v) is 4.59. The topological polar surface area (TPSA) is 32.3 Å². The van der Waals surface area contributed by atoms with Crippen LogP contribution in [0.5, 0.6) is 0 Å². The van der Waals surface area contributed by atoms with Gasteiger partial charge in [0.05, 0.1) is 5.02 Å². The van der Waals surface area contributed by atoms with E-state index in [0.29, 0.717) is 18.6 Å². The van der Waals surface area contributed by atoms with Crippen LogP contribution >= 0.6 is 22.9 Å². The first-order valence-electron chi connectivity index (χ1n) is 5.86. The molecule has 1 fully saturated rings. The van der Waals surface area contributed by atoms with Gasteiger partial charge >= 0.3 is 0 Å². The lowest BCUT2D eigenvalue weighted by Gasteiger charge is -2.30. The lowest BCUT2D eigenvalue weighted by molar-refractivity contribution is 0.152. The highest BCUT2D eigenvalue weighted by Gasteiger charge is 2.23. The second-order valence-electron chi connectivity index (χ2n) is 4.45. The Bertz CT molecular complexity index is 329. The largest absolute Gasteiger partial charge is 0.396 e. The molecule has 0 spiro atoms. The first-order valence-corrected chi connectivity index (χ1v) is 7.12. The van der Waals surface area contributed by atoms with E-state index in [1.165, 1.54) is 24.1 Å². The molecule has 2 rings (SSSR count). The van der Waals surface area contributed by atoms with Gasteiger partial charge in [-0.25, -0.2) is 0 Å². The molecule has 1 saturated carbocycles. The number of aliphatic hydroxyl groups excluding tert-OH is 1. The van der Waals surface area contributed by atoms with Gasteiger partial charge in [0, 0.05) is 29.5 Å². The Labute approximate surface area is 106 Å². The number of rotatable bonds is 4. The molecule has 4 heteroatoms. The molecule has 2 N–H and O–H groups in total. The molecule has 1 heterocycles.